The van der Waals surface area contributed by atoms with Crippen LogP contribution >= 0.6 is 11.3 Å². The van der Waals surface area contributed by atoms with Crippen LogP contribution in [0.25, 0.3) is 0 Å². The summed E-state index contributed by atoms with van der Waals surface area (Å²) in [6.07, 6.45) is 1.17. The number of esters is 1. The van der Waals surface area contributed by atoms with Gasteiger partial charge < -0.3 is 15.0 Å². The number of rotatable bonds is 6. The number of hydrogen-bond donors (Lipinski definition) is 1. The highest BCUT2D eigenvalue weighted by Crippen LogP contribution is 2.23. The molecule has 1 aliphatic heterocycles. The predicted octanol–water partition coefficient (Wildman–Crippen LogP) is 2.44. The Balaban J connectivity index is 1.52. The molecule has 0 saturated carbocycles. The number of non-ortho nitro benzene ring substituents is 1. The van der Waals surface area contributed by atoms with Gasteiger partial charge in [-0.05, 0) is 36.4 Å². The average molecular weight is 403 g/mol. The molecule has 1 N–H and O–H groups in total. The molecule has 1 aromatic carbocycles. The maximum Gasteiger partial charge on any atom is 0.329 e. The van der Waals surface area contributed by atoms with Crippen molar-refractivity contribution < 1.29 is 24.0 Å². The van der Waals surface area contributed by atoms with E-state index in [1.165, 1.54) is 40.5 Å². The molecular formula is C18H17N3O6S. The Bertz CT molecular complexity index is 881. The molecule has 2 amide bonds. The van der Waals surface area contributed by atoms with E-state index in [0.29, 0.717) is 30.0 Å². The molecular weight excluding hydrogens is 386 g/mol. The van der Waals surface area contributed by atoms with Crippen molar-refractivity contribution in [2.24, 2.45) is 0 Å². The Labute approximate surface area is 164 Å². The number of nitro benzene ring substituents is 1. The molecule has 10 heteroatoms. The molecule has 28 heavy (non-hydrogen) atoms. The molecule has 3 rings (SSSR count). The first kappa shape index (κ1) is 19.5. The number of thiophene rings is 1. The van der Waals surface area contributed by atoms with E-state index in [1.807, 2.05) is 0 Å². The summed E-state index contributed by atoms with van der Waals surface area (Å²) in [4.78, 5) is 48.9. The van der Waals surface area contributed by atoms with Crippen molar-refractivity contribution in [2.45, 2.75) is 18.9 Å². The van der Waals surface area contributed by atoms with E-state index in [-0.39, 0.29) is 11.6 Å². The Hall–Kier alpha value is -3.27. The summed E-state index contributed by atoms with van der Waals surface area (Å²) in [7, 11) is 0. The van der Waals surface area contributed by atoms with Crippen molar-refractivity contribution in [2.75, 3.05) is 18.5 Å². The Morgan fingerprint density at radius 2 is 2.00 bits per heavy atom. The number of anilines is 1. The maximum absolute atomic E-state index is 12.5. The van der Waals surface area contributed by atoms with Crippen LogP contribution in [0.1, 0.15) is 22.5 Å². The number of amides is 2. The van der Waals surface area contributed by atoms with Crippen LogP contribution in [0.5, 0.6) is 0 Å². The van der Waals surface area contributed by atoms with Crippen LogP contribution < -0.4 is 5.32 Å². The summed E-state index contributed by atoms with van der Waals surface area (Å²) in [5, 5.41) is 14.9. The van der Waals surface area contributed by atoms with E-state index in [0.717, 1.165) is 0 Å². The topological polar surface area (TPSA) is 119 Å². The molecule has 9 nitrogen and oxygen atoms in total. The van der Waals surface area contributed by atoms with Crippen molar-refractivity contribution in [1.82, 2.24) is 4.90 Å². The van der Waals surface area contributed by atoms with Gasteiger partial charge >= 0.3 is 5.97 Å². The van der Waals surface area contributed by atoms with Crippen LogP contribution in [0.15, 0.2) is 41.8 Å². The molecule has 146 valence electrons. The van der Waals surface area contributed by atoms with E-state index >= 15 is 0 Å². The Morgan fingerprint density at radius 3 is 2.64 bits per heavy atom. The molecule has 1 aliphatic rings. The lowest BCUT2D eigenvalue weighted by Gasteiger charge is -2.22. The minimum Gasteiger partial charge on any atom is -0.454 e. The molecule has 2 aromatic rings. The Kier molecular flexibility index (Phi) is 5.99. The molecule has 1 saturated heterocycles. The molecule has 1 aromatic heterocycles. The molecule has 2 heterocycles. The predicted molar refractivity (Wildman–Crippen MR) is 101 cm³/mol. The minimum absolute atomic E-state index is 0.0961. The smallest absolute Gasteiger partial charge is 0.329 e. The van der Waals surface area contributed by atoms with Gasteiger partial charge in [0.2, 0.25) is 0 Å². The summed E-state index contributed by atoms with van der Waals surface area (Å²) in [5.41, 5.74) is 0.253. The fourth-order valence-corrected chi connectivity index (χ4v) is 3.57. The van der Waals surface area contributed by atoms with Crippen molar-refractivity contribution in [3.8, 4) is 0 Å². The molecule has 1 atom stereocenters. The van der Waals surface area contributed by atoms with E-state index in [9.17, 15) is 24.5 Å². The number of carbonyl (C=O) groups excluding carboxylic acids is 3. The van der Waals surface area contributed by atoms with E-state index in [4.69, 9.17) is 4.74 Å². The third-order valence-corrected chi connectivity index (χ3v) is 5.08. The molecule has 0 spiro atoms. The number of nitrogens with zero attached hydrogens (tertiary/aromatic N) is 2. The second-order valence-electron chi connectivity index (χ2n) is 6.09. The number of carbonyl (C=O) groups is 3. The highest BCUT2D eigenvalue weighted by atomic mass is 32.1. The van der Waals surface area contributed by atoms with Crippen LogP contribution in [-0.4, -0.2) is 46.8 Å². The van der Waals surface area contributed by atoms with Gasteiger partial charge in [0.05, 0.1) is 9.80 Å². The van der Waals surface area contributed by atoms with Crippen molar-refractivity contribution in [3.63, 3.8) is 0 Å². The molecule has 1 fully saturated rings. The van der Waals surface area contributed by atoms with Gasteiger partial charge in [-0.2, -0.15) is 0 Å². The van der Waals surface area contributed by atoms with Gasteiger partial charge in [-0.3, -0.25) is 19.7 Å². The van der Waals surface area contributed by atoms with Gasteiger partial charge in [0.15, 0.2) is 6.61 Å². The largest absolute Gasteiger partial charge is 0.454 e. The quantitative estimate of drug-likeness (QED) is 0.449. The standard InChI is InChI=1S/C18H17N3O6S/c22-16(19-12-5-7-13(8-6-12)21(25)26)11-27-18(24)14-3-1-9-20(14)17(23)15-4-2-10-28-15/h2,4-8,10,14H,1,3,9,11H2,(H,19,22)/t14-/m0/s1. The summed E-state index contributed by atoms with van der Waals surface area (Å²) < 4.78 is 5.07. The lowest BCUT2D eigenvalue weighted by Crippen LogP contribution is -2.41. The number of hydrogen-bond acceptors (Lipinski definition) is 7. The van der Waals surface area contributed by atoms with Crippen LogP contribution in [0, 0.1) is 10.1 Å². The van der Waals surface area contributed by atoms with E-state index in [1.54, 1.807) is 17.5 Å². The van der Waals surface area contributed by atoms with Gasteiger partial charge in [-0.25, -0.2) is 4.79 Å². The number of nitro groups is 1. The van der Waals surface area contributed by atoms with Crippen LogP contribution in [0.4, 0.5) is 11.4 Å². The van der Waals surface area contributed by atoms with Crippen LogP contribution in [0.3, 0.4) is 0 Å². The summed E-state index contributed by atoms with van der Waals surface area (Å²) in [6, 6.07) is 8.05. The van der Waals surface area contributed by atoms with Crippen LogP contribution in [0.2, 0.25) is 0 Å². The maximum atomic E-state index is 12.5. The first-order valence-corrected chi connectivity index (χ1v) is 9.39. The molecule has 0 bridgehead atoms. The minimum atomic E-state index is -0.707. The second-order valence-corrected chi connectivity index (χ2v) is 7.04. The first-order chi connectivity index (χ1) is 13.5. The number of likely N-dealkylation sites (tertiary alicyclic amines) is 1. The van der Waals surface area contributed by atoms with Gasteiger partial charge in [-0.1, -0.05) is 6.07 Å². The first-order valence-electron chi connectivity index (χ1n) is 8.51. The number of ether oxygens (including phenoxy) is 1. The zero-order valence-corrected chi connectivity index (χ0v) is 15.5. The zero-order valence-electron chi connectivity index (χ0n) is 14.7. The highest BCUT2D eigenvalue weighted by molar-refractivity contribution is 7.12. The van der Waals surface area contributed by atoms with Crippen molar-refractivity contribution >= 4 is 40.5 Å². The Morgan fingerprint density at radius 1 is 1.25 bits per heavy atom. The fraction of sp³-hybridized carbons (Fsp3) is 0.278. The van der Waals surface area contributed by atoms with E-state index in [2.05, 4.69) is 5.32 Å². The normalized spacial score (nSPS) is 15.9. The van der Waals surface area contributed by atoms with Crippen molar-refractivity contribution in [1.29, 1.82) is 0 Å². The van der Waals surface area contributed by atoms with Crippen molar-refractivity contribution in [3.05, 3.63) is 56.8 Å². The molecule has 0 aliphatic carbocycles. The van der Waals surface area contributed by atoms with Gasteiger partial charge in [-0.15, -0.1) is 11.3 Å². The third-order valence-electron chi connectivity index (χ3n) is 4.23. The zero-order chi connectivity index (χ0) is 20.1. The monoisotopic (exact) mass is 403 g/mol. The number of nitrogens with one attached hydrogen (secondary N) is 1. The lowest BCUT2D eigenvalue weighted by atomic mass is 10.2. The van der Waals surface area contributed by atoms with Gasteiger partial charge in [0.25, 0.3) is 17.5 Å². The molecule has 0 unspecified atom stereocenters. The number of benzene rings is 1. The fourth-order valence-electron chi connectivity index (χ4n) is 2.89. The van der Waals surface area contributed by atoms with Crippen LogP contribution in [-0.2, 0) is 14.3 Å². The van der Waals surface area contributed by atoms with Gasteiger partial charge in [0.1, 0.15) is 6.04 Å². The highest BCUT2D eigenvalue weighted by Gasteiger charge is 2.36. The second kappa shape index (κ2) is 8.61. The summed E-state index contributed by atoms with van der Waals surface area (Å²) in [5.74, 6) is -1.41. The third kappa shape index (κ3) is 4.52. The van der Waals surface area contributed by atoms with E-state index < -0.39 is 29.4 Å². The average Bonchev–Trinajstić information content (AvgIpc) is 3.38. The molecule has 0 radical (unpaired) electrons. The summed E-state index contributed by atoms with van der Waals surface area (Å²) in [6.45, 7) is -0.0428. The SMILES string of the molecule is O=C(COC(=O)[C@@H]1CCCN1C(=O)c1cccs1)Nc1ccc([N+](=O)[O-])cc1. The summed E-state index contributed by atoms with van der Waals surface area (Å²) >= 11 is 1.30. The van der Waals surface area contributed by atoms with Gasteiger partial charge in [0, 0.05) is 24.4 Å². The lowest BCUT2D eigenvalue weighted by molar-refractivity contribution is -0.384.